The third-order valence-corrected chi connectivity index (χ3v) is 4.61. The van der Waals surface area contributed by atoms with Crippen LogP contribution in [-0.2, 0) is 28.5 Å². The van der Waals surface area contributed by atoms with Crippen molar-refractivity contribution in [2.75, 3.05) is 19.8 Å². The summed E-state index contributed by atoms with van der Waals surface area (Å²) in [7, 11) is 0. The number of aliphatic carboxylic acids is 1. The Bertz CT molecular complexity index is 469. The number of carboxylic acids is 1. The van der Waals surface area contributed by atoms with Gasteiger partial charge < -0.3 is 34.3 Å². The Balaban J connectivity index is 2.01. The van der Waals surface area contributed by atoms with E-state index in [4.69, 9.17) is 24.1 Å². The number of ether oxygens (including phenoxy) is 4. The maximum atomic E-state index is 12.1. The lowest BCUT2D eigenvalue weighted by Gasteiger charge is -2.42. The lowest BCUT2D eigenvalue weighted by Crippen LogP contribution is -2.60. The van der Waals surface area contributed by atoms with Gasteiger partial charge in [-0.1, -0.05) is 26.2 Å². The number of carbonyl (C=O) groups is 2. The third kappa shape index (κ3) is 5.37. The van der Waals surface area contributed by atoms with Gasteiger partial charge in [-0.3, -0.25) is 9.59 Å². The fraction of sp³-hybridized carbons (Fsp3) is 0.882. The average Bonchev–Trinajstić information content (AvgIpc) is 2.85. The molecule has 0 aromatic rings. The lowest BCUT2D eigenvalue weighted by atomic mass is 9.99. The summed E-state index contributed by atoms with van der Waals surface area (Å²) in [4.78, 5) is 23.2. The Morgan fingerprint density at radius 2 is 1.81 bits per heavy atom. The fourth-order valence-electron chi connectivity index (χ4n) is 3.03. The predicted molar refractivity (Wildman–Crippen MR) is 87.2 cm³/mol. The zero-order chi connectivity index (χ0) is 19.1. The van der Waals surface area contributed by atoms with Crippen molar-refractivity contribution in [1.82, 2.24) is 0 Å². The van der Waals surface area contributed by atoms with Gasteiger partial charge in [0.15, 0.2) is 0 Å². The highest BCUT2D eigenvalue weighted by molar-refractivity contribution is 5.70. The Morgan fingerprint density at radius 3 is 2.42 bits per heavy atom. The topological polar surface area (TPSA) is 132 Å². The highest BCUT2D eigenvalue weighted by Gasteiger charge is 2.50. The first-order chi connectivity index (χ1) is 12.5. The number of hydrogen-bond acceptors (Lipinski definition) is 8. The minimum absolute atomic E-state index is 0.149. The standard InChI is InChI=1S/C17H28O9/c1-2-3-4-5-6-12(19)26-17-15-14(13(20)11(7-18)25-17)23-8-10(9-24-15)16(21)22/h10-11,13-15,17-18,20H,2-9H2,1H3,(H,21,22)/t10-,11-,13+,14+,15+,17+/m0/s1. The van der Waals surface area contributed by atoms with Crippen LogP contribution in [0.1, 0.15) is 39.0 Å². The number of rotatable bonds is 8. The maximum Gasteiger partial charge on any atom is 0.311 e. The second-order valence-electron chi connectivity index (χ2n) is 6.65. The van der Waals surface area contributed by atoms with Crippen molar-refractivity contribution in [3.8, 4) is 0 Å². The van der Waals surface area contributed by atoms with Crippen LogP contribution in [-0.4, -0.2) is 77.8 Å². The molecular weight excluding hydrogens is 348 g/mol. The minimum Gasteiger partial charge on any atom is -0.481 e. The van der Waals surface area contributed by atoms with Crippen molar-refractivity contribution in [3.05, 3.63) is 0 Å². The molecule has 0 spiro atoms. The van der Waals surface area contributed by atoms with Crippen LogP contribution in [0.15, 0.2) is 0 Å². The largest absolute Gasteiger partial charge is 0.481 e. The number of hydrogen-bond donors (Lipinski definition) is 3. The Hall–Kier alpha value is -1.26. The molecule has 0 aromatic heterocycles. The third-order valence-electron chi connectivity index (χ3n) is 4.61. The summed E-state index contributed by atoms with van der Waals surface area (Å²) in [6.45, 7) is 1.27. The molecule has 0 saturated carbocycles. The number of aliphatic hydroxyl groups excluding tert-OH is 2. The summed E-state index contributed by atoms with van der Waals surface area (Å²) >= 11 is 0. The molecule has 6 atom stereocenters. The van der Waals surface area contributed by atoms with E-state index in [0.29, 0.717) is 6.42 Å². The van der Waals surface area contributed by atoms with Gasteiger partial charge in [-0.2, -0.15) is 0 Å². The predicted octanol–water partition coefficient (Wildman–Crippen LogP) is 0.0629. The van der Waals surface area contributed by atoms with Gasteiger partial charge in [0.1, 0.15) is 30.3 Å². The molecule has 0 unspecified atom stereocenters. The van der Waals surface area contributed by atoms with Gasteiger partial charge in [0, 0.05) is 6.42 Å². The van der Waals surface area contributed by atoms with Gasteiger partial charge in [0.2, 0.25) is 6.29 Å². The molecule has 9 heteroatoms. The van der Waals surface area contributed by atoms with E-state index in [-0.39, 0.29) is 19.6 Å². The first-order valence-corrected chi connectivity index (χ1v) is 9.07. The molecule has 150 valence electrons. The van der Waals surface area contributed by atoms with Crippen molar-refractivity contribution in [2.45, 2.75) is 69.7 Å². The molecule has 2 aliphatic heterocycles. The number of unbranched alkanes of at least 4 members (excludes halogenated alkanes) is 3. The molecular formula is C17H28O9. The zero-order valence-electron chi connectivity index (χ0n) is 14.9. The summed E-state index contributed by atoms with van der Waals surface area (Å²) < 4.78 is 21.9. The molecule has 2 aliphatic rings. The molecule has 2 rings (SSSR count). The second-order valence-corrected chi connectivity index (χ2v) is 6.65. The number of fused-ring (bicyclic) bond motifs is 1. The summed E-state index contributed by atoms with van der Waals surface area (Å²) in [5.74, 6) is -2.45. The fourth-order valence-corrected chi connectivity index (χ4v) is 3.03. The van der Waals surface area contributed by atoms with E-state index in [0.717, 1.165) is 19.3 Å². The molecule has 2 saturated heterocycles. The number of carbonyl (C=O) groups excluding carboxylic acids is 1. The summed E-state index contributed by atoms with van der Waals surface area (Å²) in [5, 5.41) is 28.8. The first-order valence-electron chi connectivity index (χ1n) is 9.07. The minimum atomic E-state index is -1.22. The van der Waals surface area contributed by atoms with Gasteiger partial charge in [-0.25, -0.2) is 0 Å². The van der Waals surface area contributed by atoms with Crippen molar-refractivity contribution in [1.29, 1.82) is 0 Å². The molecule has 0 bridgehead atoms. The molecule has 9 nitrogen and oxygen atoms in total. The first kappa shape index (κ1) is 21.0. The number of esters is 1. The van der Waals surface area contributed by atoms with E-state index in [1.54, 1.807) is 0 Å². The highest BCUT2D eigenvalue weighted by Crippen LogP contribution is 2.30. The molecule has 0 amide bonds. The average molecular weight is 376 g/mol. The van der Waals surface area contributed by atoms with Gasteiger partial charge in [-0.15, -0.1) is 0 Å². The normalized spacial score (nSPS) is 34.6. The molecule has 0 aliphatic carbocycles. The highest BCUT2D eigenvalue weighted by atomic mass is 16.7. The van der Waals surface area contributed by atoms with Crippen LogP contribution in [0.4, 0.5) is 0 Å². The van der Waals surface area contributed by atoms with E-state index < -0.39 is 55.2 Å². The molecule has 2 heterocycles. The summed E-state index contributed by atoms with van der Waals surface area (Å²) in [5.41, 5.74) is 0. The van der Waals surface area contributed by atoms with E-state index >= 15 is 0 Å². The van der Waals surface area contributed by atoms with Crippen molar-refractivity contribution in [3.63, 3.8) is 0 Å². The number of aliphatic hydroxyl groups is 2. The van der Waals surface area contributed by atoms with Crippen LogP contribution in [0.2, 0.25) is 0 Å². The van der Waals surface area contributed by atoms with Crippen LogP contribution in [0.3, 0.4) is 0 Å². The van der Waals surface area contributed by atoms with Crippen molar-refractivity contribution in [2.24, 2.45) is 5.92 Å². The summed E-state index contributed by atoms with van der Waals surface area (Å²) in [6.07, 6.45) is -1.41. The van der Waals surface area contributed by atoms with E-state index in [1.165, 1.54) is 0 Å². The van der Waals surface area contributed by atoms with Crippen LogP contribution in [0.25, 0.3) is 0 Å². The van der Waals surface area contributed by atoms with Gasteiger partial charge in [-0.05, 0) is 6.42 Å². The Labute approximate surface area is 152 Å². The van der Waals surface area contributed by atoms with Crippen LogP contribution >= 0.6 is 0 Å². The van der Waals surface area contributed by atoms with Crippen LogP contribution in [0, 0.1) is 5.92 Å². The maximum absolute atomic E-state index is 12.1. The second kappa shape index (κ2) is 10.2. The molecule has 3 N–H and O–H groups in total. The summed E-state index contributed by atoms with van der Waals surface area (Å²) in [6, 6.07) is 0. The molecule has 0 radical (unpaired) electrons. The Morgan fingerprint density at radius 1 is 1.12 bits per heavy atom. The molecule has 26 heavy (non-hydrogen) atoms. The van der Waals surface area contributed by atoms with Gasteiger partial charge in [0.25, 0.3) is 0 Å². The lowest BCUT2D eigenvalue weighted by molar-refractivity contribution is -0.301. The quantitative estimate of drug-likeness (QED) is 0.397. The van der Waals surface area contributed by atoms with Crippen LogP contribution < -0.4 is 0 Å². The van der Waals surface area contributed by atoms with E-state index in [1.807, 2.05) is 0 Å². The SMILES string of the molecule is CCCCCCC(=O)O[C@H]1O[C@@H](CO)[C@@H](O)[C@H]2OC[C@H](C(=O)O)CO[C@@H]12. The molecule has 0 aromatic carbocycles. The zero-order valence-corrected chi connectivity index (χ0v) is 14.9. The van der Waals surface area contributed by atoms with Crippen molar-refractivity contribution < 1.29 is 43.9 Å². The monoisotopic (exact) mass is 376 g/mol. The van der Waals surface area contributed by atoms with Gasteiger partial charge >= 0.3 is 11.9 Å². The van der Waals surface area contributed by atoms with E-state index in [2.05, 4.69) is 6.92 Å². The molecule has 2 fully saturated rings. The Kier molecular flexibility index (Phi) is 8.23. The van der Waals surface area contributed by atoms with Gasteiger partial charge in [0.05, 0.1) is 19.8 Å². The van der Waals surface area contributed by atoms with Crippen LogP contribution in [0.5, 0.6) is 0 Å². The van der Waals surface area contributed by atoms with Crippen molar-refractivity contribution >= 4 is 11.9 Å². The van der Waals surface area contributed by atoms with E-state index in [9.17, 15) is 19.8 Å². The number of carboxylic acid groups (broad SMARTS) is 1. The smallest absolute Gasteiger partial charge is 0.311 e.